The molecule has 6 nitrogen and oxygen atoms in total. The van der Waals surface area contributed by atoms with Gasteiger partial charge in [-0.3, -0.25) is 4.79 Å². The number of likely N-dealkylation sites (N-methyl/N-ethyl adjacent to an activating group) is 1. The smallest absolute Gasteiger partial charge is 0.220 e. The van der Waals surface area contributed by atoms with E-state index in [0.717, 1.165) is 11.1 Å². The van der Waals surface area contributed by atoms with Crippen LogP contribution in [0, 0.1) is 5.82 Å². The van der Waals surface area contributed by atoms with Crippen molar-refractivity contribution in [2.45, 2.75) is 18.9 Å². The van der Waals surface area contributed by atoms with Crippen LogP contribution < -0.4 is 19.5 Å². The molecule has 2 aromatic rings. The van der Waals surface area contributed by atoms with Crippen molar-refractivity contribution in [3.05, 3.63) is 53.3 Å². The zero-order chi connectivity index (χ0) is 21.4. The SMILES string of the molecule is COc1ccc(CCC(=O)NCC(c2ccc(F)cc2)N(C)C)c(OC)c1OC. The van der Waals surface area contributed by atoms with Crippen LogP contribution in [-0.2, 0) is 11.2 Å². The van der Waals surface area contributed by atoms with Gasteiger partial charge in [0.2, 0.25) is 11.7 Å². The van der Waals surface area contributed by atoms with Crippen molar-refractivity contribution in [1.29, 1.82) is 0 Å². The van der Waals surface area contributed by atoms with Crippen molar-refractivity contribution >= 4 is 5.91 Å². The summed E-state index contributed by atoms with van der Waals surface area (Å²) in [4.78, 5) is 14.4. The van der Waals surface area contributed by atoms with E-state index in [-0.39, 0.29) is 17.8 Å². The van der Waals surface area contributed by atoms with E-state index in [4.69, 9.17) is 14.2 Å². The van der Waals surface area contributed by atoms with Crippen LogP contribution in [0.5, 0.6) is 17.2 Å². The second kappa shape index (κ2) is 10.7. The topological polar surface area (TPSA) is 60.0 Å². The number of carbonyl (C=O) groups excluding carboxylic acids is 1. The Morgan fingerprint density at radius 1 is 1.00 bits per heavy atom. The molecule has 1 atom stereocenters. The van der Waals surface area contributed by atoms with Crippen LogP contribution in [0.4, 0.5) is 4.39 Å². The molecule has 158 valence electrons. The summed E-state index contributed by atoms with van der Waals surface area (Å²) in [6, 6.07) is 9.95. The van der Waals surface area contributed by atoms with Gasteiger partial charge in [0, 0.05) is 13.0 Å². The summed E-state index contributed by atoms with van der Waals surface area (Å²) in [6.45, 7) is 0.431. The summed E-state index contributed by atoms with van der Waals surface area (Å²) < 4.78 is 29.3. The van der Waals surface area contributed by atoms with Crippen molar-refractivity contribution in [1.82, 2.24) is 10.2 Å². The van der Waals surface area contributed by atoms with Crippen LogP contribution in [-0.4, -0.2) is 52.8 Å². The number of methoxy groups -OCH3 is 3. The molecule has 1 amide bonds. The number of nitrogens with zero attached hydrogens (tertiary/aromatic N) is 1. The molecule has 0 aliphatic carbocycles. The van der Waals surface area contributed by atoms with Crippen molar-refractivity contribution in [3.8, 4) is 17.2 Å². The van der Waals surface area contributed by atoms with E-state index in [1.54, 1.807) is 39.5 Å². The number of carbonyl (C=O) groups is 1. The first-order valence-electron chi connectivity index (χ1n) is 9.37. The molecule has 0 spiro atoms. The zero-order valence-corrected chi connectivity index (χ0v) is 17.6. The minimum absolute atomic E-state index is 0.0461. The first kappa shape index (κ1) is 22.5. The first-order valence-corrected chi connectivity index (χ1v) is 9.37. The van der Waals surface area contributed by atoms with Gasteiger partial charge in [-0.15, -0.1) is 0 Å². The molecule has 2 rings (SSSR count). The van der Waals surface area contributed by atoms with E-state index >= 15 is 0 Å². The second-order valence-corrected chi connectivity index (χ2v) is 6.83. The molecule has 29 heavy (non-hydrogen) atoms. The van der Waals surface area contributed by atoms with Gasteiger partial charge in [-0.1, -0.05) is 18.2 Å². The van der Waals surface area contributed by atoms with Gasteiger partial charge < -0.3 is 24.4 Å². The Morgan fingerprint density at radius 3 is 2.21 bits per heavy atom. The third-order valence-electron chi connectivity index (χ3n) is 4.78. The zero-order valence-electron chi connectivity index (χ0n) is 17.6. The molecule has 0 aliphatic rings. The number of hydrogen-bond donors (Lipinski definition) is 1. The molecule has 0 heterocycles. The maximum atomic E-state index is 13.2. The fourth-order valence-corrected chi connectivity index (χ4v) is 3.19. The fourth-order valence-electron chi connectivity index (χ4n) is 3.19. The maximum absolute atomic E-state index is 13.2. The molecule has 0 aliphatic heterocycles. The number of aryl methyl sites for hydroxylation is 1. The van der Waals surface area contributed by atoms with Gasteiger partial charge in [-0.05, 0) is 49.8 Å². The van der Waals surface area contributed by atoms with Gasteiger partial charge in [-0.2, -0.15) is 0 Å². The molecule has 0 fully saturated rings. The number of hydrogen-bond acceptors (Lipinski definition) is 5. The van der Waals surface area contributed by atoms with E-state index in [1.807, 2.05) is 25.1 Å². The Kier molecular flexibility index (Phi) is 8.27. The number of nitrogens with one attached hydrogen (secondary N) is 1. The summed E-state index contributed by atoms with van der Waals surface area (Å²) in [6.07, 6.45) is 0.800. The van der Waals surface area contributed by atoms with Gasteiger partial charge in [-0.25, -0.2) is 4.39 Å². The van der Waals surface area contributed by atoms with Gasteiger partial charge in [0.1, 0.15) is 5.82 Å². The van der Waals surface area contributed by atoms with E-state index in [1.165, 1.54) is 12.1 Å². The normalized spacial score (nSPS) is 11.8. The first-order chi connectivity index (χ1) is 13.9. The molecule has 7 heteroatoms. The molecular formula is C22H29FN2O4. The number of halogens is 1. The average Bonchev–Trinajstić information content (AvgIpc) is 2.72. The van der Waals surface area contributed by atoms with Gasteiger partial charge in [0.25, 0.3) is 0 Å². The van der Waals surface area contributed by atoms with Crippen LogP contribution in [0.3, 0.4) is 0 Å². The van der Waals surface area contributed by atoms with Gasteiger partial charge in [0.15, 0.2) is 11.5 Å². The predicted molar refractivity (Wildman–Crippen MR) is 110 cm³/mol. The molecule has 0 saturated heterocycles. The van der Waals surface area contributed by atoms with Crippen molar-refractivity contribution in [2.75, 3.05) is 42.0 Å². The molecule has 1 unspecified atom stereocenters. The summed E-state index contributed by atoms with van der Waals surface area (Å²) in [7, 11) is 8.52. The van der Waals surface area contributed by atoms with Crippen molar-refractivity contribution in [3.63, 3.8) is 0 Å². The minimum Gasteiger partial charge on any atom is -0.493 e. The van der Waals surface area contributed by atoms with Gasteiger partial charge in [0.05, 0.1) is 27.4 Å². The van der Waals surface area contributed by atoms with Crippen LogP contribution in [0.15, 0.2) is 36.4 Å². The largest absolute Gasteiger partial charge is 0.493 e. The molecule has 0 saturated carbocycles. The van der Waals surface area contributed by atoms with Crippen LogP contribution in [0.1, 0.15) is 23.6 Å². The third kappa shape index (κ3) is 5.84. The van der Waals surface area contributed by atoms with E-state index < -0.39 is 0 Å². The monoisotopic (exact) mass is 404 g/mol. The molecule has 1 N–H and O–H groups in total. The summed E-state index contributed by atoms with van der Waals surface area (Å²) in [5, 5.41) is 2.96. The summed E-state index contributed by atoms with van der Waals surface area (Å²) in [5.74, 6) is 1.30. The Labute approximate surface area is 171 Å². The van der Waals surface area contributed by atoms with Crippen molar-refractivity contribution in [2.24, 2.45) is 0 Å². The highest BCUT2D eigenvalue weighted by Crippen LogP contribution is 2.40. The predicted octanol–water partition coefficient (Wildman–Crippen LogP) is 3.20. The number of benzene rings is 2. The third-order valence-corrected chi connectivity index (χ3v) is 4.78. The Bertz CT molecular complexity index is 809. The van der Waals surface area contributed by atoms with Crippen LogP contribution >= 0.6 is 0 Å². The van der Waals surface area contributed by atoms with Gasteiger partial charge >= 0.3 is 0 Å². The molecule has 2 aromatic carbocycles. The van der Waals surface area contributed by atoms with Crippen LogP contribution in [0.25, 0.3) is 0 Å². The fraction of sp³-hybridized carbons (Fsp3) is 0.409. The molecule has 0 radical (unpaired) electrons. The van der Waals surface area contributed by atoms with E-state index in [0.29, 0.717) is 36.6 Å². The van der Waals surface area contributed by atoms with E-state index in [2.05, 4.69) is 5.32 Å². The number of rotatable bonds is 10. The molecular weight excluding hydrogens is 375 g/mol. The number of amides is 1. The van der Waals surface area contributed by atoms with Crippen molar-refractivity contribution < 1.29 is 23.4 Å². The summed E-state index contributed by atoms with van der Waals surface area (Å²) in [5.41, 5.74) is 1.81. The lowest BCUT2D eigenvalue weighted by molar-refractivity contribution is -0.121. The Morgan fingerprint density at radius 2 is 1.66 bits per heavy atom. The average molecular weight is 404 g/mol. The lowest BCUT2D eigenvalue weighted by Crippen LogP contribution is -2.34. The second-order valence-electron chi connectivity index (χ2n) is 6.83. The standard InChI is InChI=1S/C22H29FN2O4/c1-25(2)18(15-6-10-17(23)11-7-15)14-24-20(26)13-9-16-8-12-19(27-3)22(29-5)21(16)28-4/h6-8,10-12,18H,9,13-14H2,1-5H3,(H,24,26). The highest BCUT2D eigenvalue weighted by atomic mass is 19.1. The Balaban J connectivity index is 1.99. The molecule has 0 bridgehead atoms. The Hall–Kier alpha value is -2.80. The van der Waals surface area contributed by atoms with E-state index in [9.17, 15) is 9.18 Å². The number of ether oxygens (including phenoxy) is 3. The lowest BCUT2D eigenvalue weighted by atomic mass is 10.0. The quantitative estimate of drug-likeness (QED) is 0.659. The lowest BCUT2D eigenvalue weighted by Gasteiger charge is -2.25. The highest BCUT2D eigenvalue weighted by molar-refractivity contribution is 5.76. The minimum atomic E-state index is -0.279. The molecule has 0 aromatic heterocycles. The van der Waals surface area contributed by atoms with Crippen LogP contribution in [0.2, 0.25) is 0 Å². The maximum Gasteiger partial charge on any atom is 0.220 e. The highest BCUT2D eigenvalue weighted by Gasteiger charge is 2.18. The summed E-state index contributed by atoms with van der Waals surface area (Å²) >= 11 is 0.